The Hall–Kier alpha value is -3.13. The lowest BCUT2D eigenvalue weighted by atomic mass is 9.97. The number of para-hydroxylation sites is 1. The van der Waals surface area contributed by atoms with Crippen LogP contribution in [0.15, 0.2) is 35.1 Å². The monoisotopic (exact) mass is 438 g/mol. The minimum absolute atomic E-state index is 0.0259. The molecule has 1 fully saturated rings. The predicted molar refractivity (Wildman–Crippen MR) is 121 cm³/mol. The molecule has 1 aliphatic rings. The molecular weight excluding hydrogens is 408 g/mol. The van der Waals surface area contributed by atoms with E-state index in [0.717, 1.165) is 37.3 Å². The molecule has 2 aromatic heterocycles. The molecule has 170 valence electrons. The van der Waals surface area contributed by atoms with Crippen LogP contribution in [0.5, 0.6) is 5.75 Å². The molecule has 3 heterocycles. The Morgan fingerprint density at radius 2 is 2.03 bits per heavy atom. The molecule has 2 N–H and O–H groups in total. The fraction of sp³-hybridized carbons (Fsp3) is 0.458. The number of benzene rings is 1. The van der Waals surface area contributed by atoms with Crippen LogP contribution in [0.25, 0.3) is 5.65 Å². The Morgan fingerprint density at radius 1 is 1.28 bits per heavy atom. The van der Waals surface area contributed by atoms with Gasteiger partial charge in [-0.3, -0.25) is 14.7 Å². The maximum absolute atomic E-state index is 13.1. The van der Waals surface area contributed by atoms with Crippen molar-refractivity contribution in [3.63, 3.8) is 0 Å². The minimum atomic E-state index is -0.424. The number of amides is 1. The van der Waals surface area contributed by atoms with Crippen molar-refractivity contribution in [1.29, 1.82) is 0 Å². The summed E-state index contributed by atoms with van der Waals surface area (Å²) in [5.41, 5.74) is 3.23. The Labute approximate surface area is 186 Å². The average molecular weight is 439 g/mol. The van der Waals surface area contributed by atoms with Crippen LogP contribution in [0.3, 0.4) is 0 Å². The van der Waals surface area contributed by atoms with Crippen LogP contribution in [0.2, 0.25) is 0 Å². The number of H-pyrrole nitrogens is 1. The number of aromatic nitrogens is 3. The predicted octanol–water partition coefficient (Wildman–Crippen LogP) is 3.36. The molecule has 0 aliphatic carbocycles. The average Bonchev–Trinajstić information content (AvgIpc) is 3.22. The summed E-state index contributed by atoms with van der Waals surface area (Å²) in [6, 6.07) is 8.46. The summed E-state index contributed by atoms with van der Waals surface area (Å²) >= 11 is 0. The number of fused-ring (bicyclic) bond motifs is 1. The van der Waals surface area contributed by atoms with Gasteiger partial charge in [-0.2, -0.15) is 0 Å². The molecule has 0 unspecified atom stereocenters. The van der Waals surface area contributed by atoms with Crippen LogP contribution in [0, 0.1) is 12.8 Å². The second-order valence-corrected chi connectivity index (χ2v) is 8.66. The van der Waals surface area contributed by atoms with Crippen molar-refractivity contribution in [2.45, 2.75) is 45.6 Å². The maximum Gasteiger partial charge on any atom is 0.272 e. The molecule has 32 heavy (non-hydrogen) atoms. The highest BCUT2D eigenvalue weighted by atomic mass is 16.5. The van der Waals surface area contributed by atoms with Crippen molar-refractivity contribution in [2.24, 2.45) is 5.92 Å². The van der Waals surface area contributed by atoms with E-state index in [4.69, 9.17) is 14.5 Å². The number of carbonyl (C=O) groups is 1. The molecule has 0 spiro atoms. The normalized spacial score (nSPS) is 15.8. The summed E-state index contributed by atoms with van der Waals surface area (Å²) in [6.07, 6.45) is 1.83. The number of aromatic amines is 1. The molecule has 1 atom stereocenters. The van der Waals surface area contributed by atoms with Crippen molar-refractivity contribution in [3.8, 4) is 5.75 Å². The number of hydrogen-bond donors (Lipinski definition) is 2. The summed E-state index contributed by atoms with van der Waals surface area (Å²) in [7, 11) is 1.55. The number of nitrogens with zero attached hydrogens (tertiary/aromatic N) is 2. The van der Waals surface area contributed by atoms with Gasteiger partial charge in [0.2, 0.25) is 0 Å². The zero-order chi connectivity index (χ0) is 22.8. The third kappa shape index (κ3) is 4.27. The molecule has 0 bridgehead atoms. The SMILES string of the molecule is COc1c(C)cccc1C(=O)N[C@@H](c1cc(=O)n2[nH]c(C3CCOCC3)cc2n1)C(C)C. The zero-order valence-corrected chi connectivity index (χ0v) is 19.0. The smallest absolute Gasteiger partial charge is 0.272 e. The van der Waals surface area contributed by atoms with Crippen molar-refractivity contribution in [2.75, 3.05) is 20.3 Å². The lowest BCUT2D eigenvalue weighted by Crippen LogP contribution is -2.34. The van der Waals surface area contributed by atoms with Gasteiger partial charge in [-0.1, -0.05) is 26.0 Å². The van der Waals surface area contributed by atoms with Crippen molar-refractivity contribution in [3.05, 3.63) is 63.2 Å². The van der Waals surface area contributed by atoms with E-state index < -0.39 is 6.04 Å². The molecule has 1 amide bonds. The number of rotatable bonds is 6. The third-order valence-electron chi connectivity index (χ3n) is 6.08. The number of aryl methyl sites for hydroxylation is 1. The molecular formula is C24H30N4O4. The summed E-state index contributed by atoms with van der Waals surface area (Å²) in [5.74, 6) is 0.631. The first kappa shape index (κ1) is 22.1. The molecule has 8 heteroatoms. The second-order valence-electron chi connectivity index (χ2n) is 8.66. The van der Waals surface area contributed by atoms with E-state index in [-0.39, 0.29) is 17.4 Å². The highest BCUT2D eigenvalue weighted by molar-refractivity contribution is 5.97. The van der Waals surface area contributed by atoms with Crippen LogP contribution in [-0.4, -0.2) is 40.8 Å². The maximum atomic E-state index is 13.1. The summed E-state index contributed by atoms with van der Waals surface area (Å²) in [4.78, 5) is 30.7. The van der Waals surface area contributed by atoms with Gasteiger partial charge in [0, 0.05) is 37.0 Å². The van der Waals surface area contributed by atoms with Crippen molar-refractivity contribution >= 4 is 11.6 Å². The second kappa shape index (κ2) is 9.16. The van der Waals surface area contributed by atoms with E-state index in [1.807, 2.05) is 39.0 Å². The van der Waals surface area contributed by atoms with E-state index >= 15 is 0 Å². The third-order valence-corrected chi connectivity index (χ3v) is 6.08. The Balaban J connectivity index is 1.66. The molecule has 1 aliphatic heterocycles. The van der Waals surface area contributed by atoms with Gasteiger partial charge in [0.1, 0.15) is 5.75 Å². The van der Waals surface area contributed by atoms with E-state index in [9.17, 15) is 9.59 Å². The van der Waals surface area contributed by atoms with Gasteiger partial charge in [-0.25, -0.2) is 9.50 Å². The van der Waals surface area contributed by atoms with E-state index in [1.54, 1.807) is 13.2 Å². The molecule has 0 radical (unpaired) electrons. The molecule has 1 aromatic carbocycles. The fourth-order valence-corrected chi connectivity index (χ4v) is 4.31. The van der Waals surface area contributed by atoms with Gasteiger partial charge in [0.25, 0.3) is 11.5 Å². The van der Waals surface area contributed by atoms with E-state index in [2.05, 4.69) is 10.4 Å². The first-order valence-corrected chi connectivity index (χ1v) is 11.0. The number of carbonyl (C=O) groups excluding carboxylic acids is 1. The van der Waals surface area contributed by atoms with E-state index in [1.165, 1.54) is 10.6 Å². The highest BCUT2D eigenvalue weighted by Crippen LogP contribution is 2.28. The van der Waals surface area contributed by atoms with Gasteiger partial charge in [0.15, 0.2) is 5.65 Å². The van der Waals surface area contributed by atoms with Crippen LogP contribution >= 0.6 is 0 Å². The molecule has 8 nitrogen and oxygen atoms in total. The van der Waals surface area contributed by atoms with Gasteiger partial charge in [-0.05, 0) is 37.3 Å². The summed E-state index contributed by atoms with van der Waals surface area (Å²) in [6.45, 7) is 7.32. The molecule has 4 rings (SSSR count). The summed E-state index contributed by atoms with van der Waals surface area (Å²) < 4.78 is 12.4. The van der Waals surface area contributed by atoms with E-state index in [0.29, 0.717) is 28.6 Å². The first-order chi connectivity index (χ1) is 15.4. The van der Waals surface area contributed by atoms with Crippen LogP contribution in [0.1, 0.15) is 66.0 Å². The van der Waals surface area contributed by atoms with Gasteiger partial charge >= 0.3 is 0 Å². The molecule has 1 saturated heterocycles. The highest BCUT2D eigenvalue weighted by Gasteiger charge is 2.25. The van der Waals surface area contributed by atoms with Gasteiger partial charge < -0.3 is 14.8 Å². The number of nitrogens with one attached hydrogen (secondary N) is 2. The van der Waals surface area contributed by atoms with Crippen LogP contribution in [0.4, 0.5) is 0 Å². The van der Waals surface area contributed by atoms with Gasteiger partial charge in [-0.15, -0.1) is 0 Å². The Bertz CT molecular complexity index is 1170. The molecule has 0 saturated carbocycles. The lowest BCUT2D eigenvalue weighted by Gasteiger charge is -2.22. The van der Waals surface area contributed by atoms with Crippen LogP contribution < -0.4 is 15.6 Å². The number of ether oxygens (including phenoxy) is 2. The Kier molecular flexibility index (Phi) is 6.32. The molecule has 3 aromatic rings. The summed E-state index contributed by atoms with van der Waals surface area (Å²) in [5, 5.41) is 6.26. The fourth-order valence-electron chi connectivity index (χ4n) is 4.31. The standard InChI is InChI=1S/C24H30N4O4/c1-14(2)22(26-24(30)17-7-5-6-15(3)23(17)31-4)19-13-21(29)28-20(25-19)12-18(27-28)16-8-10-32-11-9-16/h5-7,12-14,16,22,27H,8-11H2,1-4H3,(H,26,30)/t22-/m1/s1. The van der Waals surface area contributed by atoms with Crippen molar-refractivity contribution in [1.82, 2.24) is 19.9 Å². The van der Waals surface area contributed by atoms with Crippen LogP contribution in [-0.2, 0) is 4.74 Å². The number of hydrogen-bond acceptors (Lipinski definition) is 5. The number of methoxy groups -OCH3 is 1. The lowest BCUT2D eigenvalue weighted by molar-refractivity contribution is 0.0844. The largest absolute Gasteiger partial charge is 0.496 e. The zero-order valence-electron chi connectivity index (χ0n) is 19.0. The van der Waals surface area contributed by atoms with Gasteiger partial charge in [0.05, 0.1) is 24.4 Å². The first-order valence-electron chi connectivity index (χ1n) is 11.0. The quantitative estimate of drug-likeness (QED) is 0.615. The minimum Gasteiger partial charge on any atom is -0.496 e. The topological polar surface area (TPSA) is 97.7 Å². The Morgan fingerprint density at radius 3 is 2.72 bits per heavy atom. The van der Waals surface area contributed by atoms with Crippen molar-refractivity contribution < 1.29 is 14.3 Å².